The van der Waals surface area contributed by atoms with Crippen molar-refractivity contribution < 1.29 is 38.1 Å². The Morgan fingerprint density at radius 2 is 1.55 bits per heavy atom. The van der Waals surface area contributed by atoms with Crippen LogP contribution in [0, 0.1) is 0 Å². The zero-order chi connectivity index (χ0) is 28.7. The van der Waals surface area contributed by atoms with Gasteiger partial charge in [-0.05, 0) is 64.4 Å². The first-order chi connectivity index (χ1) is 19.3. The molecule has 0 aromatic rings. The second-order valence-corrected chi connectivity index (χ2v) is 11.1. The van der Waals surface area contributed by atoms with Crippen LogP contribution in [0.1, 0.15) is 90.4 Å². The highest BCUT2D eigenvalue weighted by atomic mass is 16.6. The number of carbonyl (C=O) groups is 3. The lowest BCUT2D eigenvalue weighted by atomic mass is 9.90. The summed E-state index contributed by atoms with van der Waals surface area (Å²) in [7, 11) is 2.74. The van der Waals surface area contributed by atoms with Gasteiger partial charge < -0.3 is 23.7 Å². The fourth-order valence-electron chi connectivity index (χ4n) is 5.62. The van der Waals surface area contributed by atoms with Gasteiger partial charge in [0.05, 0.1) is 51.5 Å². The van der Waals surface area contributed by atoms with Gasteiger partial charge in [0.15, 0.2) is 0 Å². The molecule has 0 aromatic heterocycles. The van der Waals surface area contributed by atoms with Crippen LogP contribution in [-0.2, 0) is 38.1 Å². The Balaban J connectivity index is 1.68. The number of rotatable bonds is 6. The number of hydrogen-bond donors (Lipinski definition) is 0. The minimum atomic E-state index is -0.387. The minimum absolute atomic E-state index is 0.115. The lowest BCUT2D eigenvalue weighted by molar-refractivity contribution is -0.153. The molecule has 8 heteroatoms. The molecule has 40 heavy (non-hydrogen) atoms. The molecule has 0 aromatic carbocycles. The zero-order valence-electron chi connectivity index (χ0n) is 24.3. The van der Waals surface area contributed by atoms with Crippen molar-refractivity contribution in [1.29, 1.82) is 0 Å². The molecule has 222 valence electrons. The van der Waals surface area contributed by atoms with Crippen LogP contribution in [0.4, 0.5) is 0 Å². The number of cyclic esters (lactones) is 1. The Bertz CT molecular complexity index is 962. The van der Waals surface area contributed by atoms with Crippen LogP contribution in [0.15, 0.2) is 47.6 Å². The summed E-state index contributed by atoms with van der Waals surface area (Å²) in [5.74, 6) is -0.968. The normalized spacial score (nSPS) is 30.3. The van der Waals surface area contributed by atoms with E-state index >= 15 is 0 Å². The van der Waals surface area contributed by atoms with Crippen molar-refractivity contribution in [2.45, 2.75) is 121 Å². The summed E-state index contributed by atoms with van der Waals surface area (Å²) in [6.45, 7) is 1.87. The minimum Gasteiger partial charge on any atom is -0.469 e. The Morgan fingerprint density at radius 3 is 2.35 bits per heavy atom. The fourth-order valence-corrected chi connectivity index (χ4v) is 5.62. The maximum absolute atomic E-state index is 13.0. The molecule has 3 fully saturated rings. The summed E-state index contributed by atoms with van der Waals surface area (Å²) in [5.41, 5.74) is 1.83. The molecule has 3 saturated heterocycles. The number of esters is 3. The van der Waals surface area contributed by atoms with Crippen molar-refractivity contribution in [2.24, 2.45) is 0 Å². The highest BCUT2D eigenvalue weighted by Gasteiger charge is 2.32. The van der Waals surface area contributed by atoms with E-state index in [9.17, 15) is 14.4 Å². The second kappa shape index (κ2) is 17.2. The van der Waals surface area contributed by atoms with Crippen LogP contribution < -0.4 is 0 Å². The molecule has 3 aliphatic rings. The van der Waals surface area contributed by atoms with Crippen molar-refractivity contribution in [3.63, 3.8) is 0 Å². The Morgan fingerprint density at radius 1 is 0.825 bits per heavy atom. The first kappa shape index (κ1) is 31.8. The van der Waals surface area contributed by atoms with E-state index in [0.717, 1.165) is 68.9 Å². The highest BCUT2D eigenvalue weighted by molar-refractivity contribution is 5.82. The summed E-state index contributed by atoms with van der Waals surface area (Å²) in [6.07, 6.45) is 20.9. The molecule has 0 amide bonds. The number of ether oxygens (including phenoxy) is 5. The van der Waals surface area contributed by atoms with E-state index in [2.05, 4.69) is 0 Å². The highest BCUT2D eigenvalue weighted by Crippen LogP contribution is 2.33. The summed E-state index contributed by atoms with van der Waals surface area (Å²) < 4.78 is 28.2. The van der Waals surface area contributed by atoms with E-state index in [-0.39, 0.29) is 61.3 Å². The largest absolute Gasteiger partial charge is 0.469 e. The van der Waals surface area contributed by atoms with Crippen molar-refractivity contribution >= 4 is 17.9 Å². The Kier molecular flexibility index (Phi) is 13.7. The maximum atomic E-state index is 13.0. The summed E-state index contributed by atoms with van der Waals surface area (Å²) >= 11 is 0. The van der Waals surface area contributed by atoms with E-state index in [1.807, 2.05) is 37.3 Å². The van der Waals surface area contributed by atoms with Crippen molar-refractivity contribution in [3.8, 4) is 0 Å². The monoisotopic (exact) mass is 558 g/mol. The van der Waals surface area contributed by atoms with Crippen LogP contribution in [0.3, 0.4) is 0 Å². The second-order valence-electron chi connectivity index (χ2n) is 11.1. The topological polar surface area (TPSA) is 97.4 Å². The van der Waals surface area contributed by atoms with Crippen LogP contribution in [0.25, 0.3) is 0 Å². The molecule has 0 spiro atoms. The third kappa shape index (κ3) is 11.8. The number of hydrogen-bond acceptors (Lipinski definition) is 8. The third-order valence-electron chi connectivity index (χ3n) is 7.62. The molecule has 4 bridgehead atoms. The first-order valence-electron chi connectivity index (χ1n) is 14.7. The molecular weight excluding hydrogens is 512 g/mol. The Hall–Kier alpha value is -2.71. The van der Waals surface area contributed by atoms with Gasteiger partial charge in [-0.25, -0.2) is 4.79 Å². The molecular formula is C32H46O8. The van der Waals surface area contributed by atoms with E-state index in [0.29, 0.717) is 12.8 Å². The predicted octanol–water partition coefficient (Wildman–Crippen LogP) is 5.85. The van der Waals surface area contributed by atoms with Crippen molar-refractivity contribution in [2.75, 3.05) is 14.2 Å². The summed E-state index contributed by atoms with van der Waals surface area (Å²) in [5, 5.41) is 0. The average molecular weight is 559 g/mol. The van der Waals surface area contributed by atoms with Gasteiger partial charge in [0, 0.05) is 12.5 Å². The van der Waals surface area contributed by atoms with E-state index in [1.165, 1.54) is 20.3 Å². The lowest BCUT2D eigenvalue weighted by Crippen LogP contribution is -2.37. The predicted molar refractivity (Wildman–Crippen MR) is 151 cm³/mol. The fraction of sp³-hybridized carbons (Fsp3) is 0.656. The van der Waals surface area contributed by atoms with Gasteiger partial charge >= 0.3 is 17.9 Å². The molecule has 0 aliphatic carbocycles. The molecule has 3 aliphatic heterocycles. The molecule has 8 nitrogen and oxygen atoms in total. The number of carbonyl (C=O) groups excluding carboxylic acids is 3. The molecule has 3 heterocycles. The molecule has 0 radical (unpaired) electrons. The van der Waals surface area contributed by atoms with Gasteiger partial charge in [-0.15, -0.1) is 0 Å². The number of allylic oxidation sites excluding steroid dienone is 4. The third-order valence-corrected chi connectivity index (χ3v) is 7.62. The lowest BCUT2D eigenvalue weighted by Gasteiger charge is -2.36. The van der Waals surface area contributed by atoms with Gasteiger partial charge in [-0.1, -0.05) is 48.3 Å². The van der Waals surface area contributed by atoms with Crippen LogP contribution >= 0.6 is 0 Å². The van der Waals surface area contributed by atoms with Gasteiger partial charge in [0.1, 0.15) is 6.10 Å². The summed E-state index contributed by atoms with van der Waals surface area (Å²) in [4.78, 5) is 36.4. The zero-order valence-corrected chi connectivity index (χ0v) is 24.3. The van der Waals surface area contributed by atoms with Crippen LogP contribution in [0.5, 0.6) is 0 Å². The maximum Gasteiger partial charge on any atom is 0.330 e. The molecule has 3 rings (SSSR count). The molecule has 5 atom stereocenters. The van der Waals surface area contributed by atoms with Crippen molar-refractivity contribution in [3.05, 3.63) is 47.6 Å². The van der Waals surface area contributed by atoms with Gasteiger partial charge in [0.2, 0.25) is 0 Å². The molecule has 0 N–H and O–H groups in total. The molecule has 4 unspecified atom stereocenters. The van der Waals surface area contributed by atoms with Gasteiger partial charge in [0.25, 0.3) is 0 Å². The van der Waals surface area contributed by atoms with Gasteiger partial charge in [-0.2, -0.15) is 0 Å². The number of methoxy groups -OCH3 is 2. The van der Waals surface area contributed by atoms with E-state index < -0.39 is 0 Å². The van der Waals surface area contributed by atoms with Crippen LogP contribution in [-0.4, -0.2) is 62.6 Å². The summed E-state index contributed by atoms with van der Waals surface area (Å²) in [6, 6.07) is 0. The molecule has 0 saturated carbocycles. The average Bonchev–Trinajstić information content (AvgIpc) is 2.91. The van der Waals surface area contributed by atoms with E-state index in [4.69, 9.17) is 23.7 Å². The van der Waals surface area contributed by atoms with E-state index in [1.54, 1.807) is 0 Å². The quantitative estimate of drug-likeness (QED) is 0.173. The standard InChI is InChI=1S/C32H46O8/c1-23(17-30(33)36-2)11-6-4-7-13-26-14-9-5-8-12-25-15-10-16-27(38-25)21-28-18-24(20-31(34)37-3)19-29(39-28)22-32(35)40-26/h4,6-7,11,13,20,25-29H,5,8-10,12,14-19,21-22H2,1-3H3/b6-4-,13-7+,23-11+,24-20-/t25-,26?,27?,28?,29?/m1/s1. The first-order valence-corrected chi connectivity index (χ1v) is 14.7. The SMILES string of the molecule is COC(=O)/C=C1\CC2CC(=O)OC(/C=C/C=C\C=C(/C)CC(=O)OC)CCCCC[C@@H]3CCCC(CC(C1)O2)O3. The Labute approximate surface area is 238 Å². The number of fused-ring (bicyclic) bond motifs is 4. The smallest absolute Gasteiger partial charge is 0.330 e. The van der Waals surface area contributed by atoms with Crippen molar-refractivity contribution in [1.82, 2.24) is 0 Å². The van der Waals surface area contributed by atoms with Crippen LogP contribution in [0.2, 0.25) is 0 Å². The van der Waals surface area contributed by atoms with Gasteiger partial charge in [-0.3, -0.25) is 9.59 Å².